The van der Waals surface area contributed by atoms with Crippen molar-refractivity contribution in [2.45, 2.75) is 31.9 Å². The molecule has 22 heavy (non-hydrogen) atoms. The van der Waals surface area contributed by atoms with Gasteiger partial charge in [0.15, 0.2) is 0 Å². The first-order valence-electron chi connectivity index (χ1n) is 8.04. The van der Waals surface area contributed by atoms with E-state index >= 15 is 0 Å². The number of aromatic nitrogens is 3. The lowest BCUT2D eigenvalue weighted by Crippen LogP contribution is -2.20. The topological polar surface area (TPSA) is 49.2 Å². The molecule has 0 amide bonds. The van der Waals surface area contributed by atoms with Crippen molar-refractivity contribution in [3.8, 4) is 0 Å². The highest BCUT2D eigenvalue weighted by molar-refractivity contribution is 5.22. The van der Waals surface area contributed by atoms with Crippen LogP contribution in [0.25, 0.3) is 0 Å². The summed E-state index contributed by atoms with van der Waals surface area (Å²) in [7, 11) is 0. The zero-order valence-electron chi connectivity index (χ0n) is 12.6. The first-order valence-corrected chi connectivity index (χ1v) is 8.04. The molecule has 2 aromatic heterocycles. The minimum absolute atomic E-state index is 0.0208. The normalized spacial score (nSPS) is 20.8. The minimum Gasteiger partial charge on any atom is -0.378 e. The summed E-state index contributed by atoms with van der Waals surface area (Å²) in [5.74, 6) is 0.782. The van der Waals surface area contributed by atoms with Gasteiger partial charge in [-0.1, -0.05) is 6.07 Å². The highest BCUT2D eigenvalue weighted by Crippen LogP contribution is 2.30. The Balaban J connectivity index is 1.44. The summed E-state index contributed by atoms with van der Waals surface area (Å²) in [5, 5.41) is 4.71. The number of fused-ring (bicyclic) bond motifs is 1. The number of ether oxygens (including phenoxy) is 2. The molecular formula is C17H21N3O2. The van der Waals surface area contributed by atoms with Crippen LogP contribution in [0, 0.1) is 5.92 Å². The number of nitrogens with zero attached hydrogens (tertiary/aromatic N) is 3. The van der Waals surface area contributed by atoms with Crippen LogP contribution in [0.2, 0.25) is 0 Å². The van der Waals surface area contributed by atoms with E-state index in [4.69, 9.17) is 14.6 Å². The standard InChI is InChI=1S/C17H21N3O2/c1-2-7-18-15(3-1)10-20-9-14-6-8-22-16(17(14)19-20)12-21-11-13-4-5-13/h1-3,7,9,13,16H,4-6,8,10-12H2/t16-/m1/s1. The van der Waals surface area contributed by atoms with Crippen LogP contribution in [0.4, 0.5) is 0 Å². The van der Waals surface area contributed by atoms with Crippen molar-refractivity contribution in [1.82, 2.24) is 14.8 Å². The highest BCUT2D eigenvalue weighted by atomic mass is 16.5. The third-order valence-electron chi connectivity index (χ3n) is 4.24. The van der Waals surface area contributed by atoms with Crippen LogP contribution in [0.1, 0.15) is 35.9 Å². The SMILES string of the molecule is c1ccc(Cn2cc3c(n2)[C@@H](COCC2CC2)OCC3)nc1. The van der Waals surface area contributed by atoms with Gasteiger partial charge in [0.1, 0.15) is 6.10 Å². The molecule has 5 nitrogen and oxygen atoms in total. The maximum Gasteiger partial charge on any atom is 0.125 e. The van der Waals surface area contributed by atoms with E-state index < -0.39 is 0 Å². The van der Waals surface area contributed by atoms with Crippen LogP contribution in [-0.4, -0.2) is 34.6 Å². The first kappa shape index (κ1) is 13.9. The van der Waals surface area contributed by atoms with Gasteiger partial charge >= 0.3 is 0 Å². The molecule has 0 radical (unpaired) electrons. The summed E-state index contributed by atoms with van der Waals surface area (Å²) in [6.07, 6.45) is 7.48. The molecule has 0 unspecified atom stereocenters. The van der Waals surface area contributed by atoms with E-state index in [0.717, 1.165) is 36.9 Å². The summed E-state index contributed by atoms with van der Waals surface area (Å²) >= 11 is 0. The number of hydrogen-bond acceptors (Lipinski definition) is 4. The second-order valence-electron chi connectivity index (χ2n) is 6.15. The number of hydrogen-bond donors (Lipinski definition) is 0. The molecule has 1 aliphatic carbocycles. The van der Waals surface area contributed by atoms with Crippen molar-refractivity contribution in [3.05, 3.63) is 47.5 Å². The molecule has 1 atom stereocenters. The van der Waals surface area contributed by atoms with Crippen molar-refractivity contribution >= 4 is 0 Å². The molecule has 0 saturated heterocycles. The average molecular weight is 299 g/mol. The Morgan fingerprint density at radius 1 is 1.27 bits per heavy atom. The molecule has 0 spiro atoms. The molecule has 0 aromatic carbocycles. The van der Waals surface area contributed by atoms with Gasteiger partial charge < -0.3 is 9.47 Å². The van der Waals surface area contributed by atoms with Gasteiger partial charge in [0, 0.05) is 19.0 Å². The summed E-state index contributed by atoms with van der Waals surface area (Å²) in [6, 6.07) is 5.95. The molecule has 2 aliphatic rings. The zero-order chi connectivity index (χ0) is 14.8. The molecule has 2 aromatic rings. The minimum atomic E-state index is -0.0208. The lowest BCUT2D eigenvalue weighted by atomic mass is 10.1. The second kappa shape index (κ2) is 6.18. The fourth-order valence-electron chi connectivity index (χ4n) is 2.82. The van der Waals surface area contributed by atoms with Gasteiger partial charge in [-0.2, -0.15) is 5.10 Å². The van der Waals surface area contributed by atoms with Crippen molar-refractivity contribution in [2.75, 3.05) is 19.8 Å². The average Bonchev–Trinajstić information content (AvgIpc) is 3.27. The molecule has 5 heteroatoms. The Labute approximate surface area is 130 Å². The van der Waals surface area contributed by atoms with E-state index in [-0.39, 0.29) is 6.10 Å². The van der Waals surface area contributed by atoms with Gasteiger partial charge in [-0.3, -0.25) is 9.67 Å². The Hall–Kier alpha value is -1.72. The molecule has 1 aliphatic heterocycles. The Bertz CT molecular complexity index is 622. The third-order valence-corrected chi connectivity index (χ3v) is 4.24. The maximum absolute atomic E-state index is 5.85. The van der Waals surface area contributed by atoms with E-state index in [2.05, 4.69) is 11.2 Å². The predicted octanol–water partition coefficient (Wildman–Crippen LogP) is 2.37. The van der Waals surface area contributed by atoms with Gasteiger partial charge in [-0.05, 0) is 42.9 Å². The summed E-state index contributed by atoms with van der Waals surface area (Å²) in [5.41, 5.74) is 3.34. The van der Waals surface area contributed by atoms with Crippen LogP contribution >= 0.6 is 0 Å². The first-order chi connectivity index (χ1) is 10.9. The molecule has 1 fully saturated rings. The van der Waals surface area contributed by atoms with Crippen LogP contribution in [0.15, 0.2) is 30.6 Å². The Morgan fingerprint density at radius 3 is 3.05 bits per heavy atom. The van der Waals surface area contributed by atoms with E-state index in [1.54, 1.807) is 0 Å². The summed E-state index contributed by atoms with van der Waals surface area (Å²) in [4.78, 5) is 4.36. The van der Waals surface area contributed by atoms with Crippen LogP contribution in [0.5, 0.6) is 0 Å². The second-order valence-corrected chi connectivity index (χ2v) is 6.15. The van der Waals surface area contributed by atoms with Gasteiger partial charge in [-0.25, -0.2) is 0 Å². The third kappa shape index (κ3) is 3.20. The molecule has 4 rings (SSSR count). The molecule has 3 heterocycles. The van der Waals surface area contributed by atoms with E-state index in [0.29, 0.717) is 13.2 Å². The van der Waals surface area contributed by atoms with Crippen LogP contribution in [-0.2, 0) is 22.4 Å². The predicted molar refractivity (Wildman–Crippen MR) is 81.5 cm³/mol. The van der Waals surface area contributed by atoms with E-state index in [1.807, 2.05) is 29.1 Å². The lowest BCUT2D eigenvalue weighted by Gasteiger charge is -2.21. The fourth-order valence-corrected chi connectivity index (χ4v) is 2.82. The van der Waals surface area contributed by atoms with Crippen molar-refractivity contribution < 1.29 is 9.47 Å². The van der Waals surface area contributed by atoms with Crippen molar-refractivity contribution in [2.24, 2.45) is 5.92 Å². The van der Waals surface area contributed by atoms with E-state index in [9.17, 15) is 0 Å². The van der Waals surface area contributed by atoms with Gasteiger partial charge in [-0.15, -0.1) is 0 Å². The smallest absolute Gasteiger partial charge is 0.125 e. The largest absolute Gasteiger partial charge is 0.378 e. The van der Waals surface area contributed by atoms with Crippen LogP contribution < -0.4 is 0 Å². The van der Waals surface area contributed by atoms with E-state index in [1.165, 1.54) is 18.4 Å². The Morgan fingerprint density at radius 2 is 2.23 bits per heavy atom. The fraction of sp³-hybridized carbons (Fsp3) is 0.529. The molecular weight excluding hydrogens is 278 g/mol. The van der Waals surface area contributed by atoms with Gasteiger partial charge in [0.25, 0.3) is 0 Å². The van der Waals surface area contributed by atoms with Crippen molar-refractivity contribution in [3.63, 3.8) is 0 Å². The summed E-state index contributed by atoms with van der Waals surface area (Å²) < 4.78 is 13.6. The quantitative estimate of drug-likeness (QED) is 0.821. The molecule has 0 bridgehead atoms. The molecule has 0 N–H and O–H groups in total. The highest BCUT2D eigenvalue weighted by Gasteiger charge is 2.27. The van der Waals surface area contributed by atoms with Gasteiger partial charge in [0.05, 0.1) is 31.1 Å². The van der Waals surface area contributed by atoms with Crippen LogP contribution in [0.3, 0.4) is 0 Å². The van der Waals surface area contributed by atoms with Gasteiger partial charge in [0.2, 0.25) is 0 Å². The number of pyridine rings is 1. The summed E-state index contributed by atoms with van der Waals surface area (Å²) in [6.45, 7) is 2.93. The Kier molecular flexibility index (Phi) is 3.91. The molecule has 116 valence electrons. The monoisotopic (exact) mass is 299 g/mol. The number of rotatable bonds is 6. The molecule has 1 saturated carbocycles. The lowest BCUT2D eigenvalue weighted by molar-refractivity contribution is -0.0295. The van der Waals surface area contributed by atoms with Crippen molar-refractivity contribution in [1.29, 1.82) is 0 Å². The maximum atomic E-state index is 5.85. The zero-order valence-corrected chi connectivity index (χ0v) is 12.6.